The number of hydrogen-bond donors (Lipinski definition) is 4. The van der Waals surface area contributed by atoms with E-state index in [4.69, 9.17) is 14.2 Å². The Bertz CT molecular complexity index is 912. The van der Waals surface area contributed by atoms with Crippen molar-refractivity contribution in [3.8, 4) is 0 Å². The van der Waals surface area contributed by atoms with Crippen LogP contribution in [0.2, 0.25) is 0 Å². The molecule has 39 heavy (non-hydrogen) atoms. The fourth-order valence-electron chi connectivity index (χ4n) is 7.48. The first-order chi connectivity index (χ1) is 18.2. The van der Waals surface area contributed by atoms with Crippen LogP contribution in [0.25, 0.3) is 0 Å². The topological polar surface area (TPSA) is 126 Å². The molecule has 0 radical (unpaired) electrons. The Labute approximate surface area is 234 Å². The van der Waals surface area contributed by atoms with E-state index in [9.17, 15) is 25.2 Å². The molecule has 3 rings (SSSR count). The standard InChI is InChI=1S/C31H52O8/c1-9-18(3)28(36)39-27-22(38-29-26(35)25(34)24(33)20(5)37-29)16-31(8)21(12-10-17(2)14-15-32)19(4)11-13-23(31)30(27,6)7/h9,11,17,20-27,29,32-35H,10,12-16H2,1-8H3/b18-9-/t17-,20+,21+,22-,23+,24-,25-,26+,27+,29-,31-/m0/s1. The average molecular weight is 553 g/mol. The monoisotopic (exact) mass is 552 g/mol. The summed E-state index contributed by atoms with van der Waals surface area (Å²) >= 11 is 0. The Morgan fingerprint density at radius 3 is 2.46 bits per heavy atom. The van der Waals surface area contributed by atoms with Crippen LogP contribution in [0.15, 0.2) is 23.3 Å². The summed E-state index contributed by atoms with van der Waals surface area (Å²) in [6.45, 7) is 16.3. The number of aliphatic hydroxyl groups excluding tert-OH is 4. The van der Waals surface area contributed by atoms with Crippen molar-refractivity contribution in [3.63, 3.8) is 0 Å². The van der Waals surface area contributed by atoms with Gasteiger partial charge < -0.3 is 34.6 Å². The molecule has 11 atom stereocenters. The van der Waals surface area contributed by atoms with Crippen molar-refractivity contribution in [3.05, 3.63) is 23.3 Å². The van der Waals surface area contributed by atoms with Crippen molar-refractivity contribution in [2.75, 3.05) is 6.61 Å². The van der Waals surface area contributed by atoms with Crippen molar-refractivity contribution in [2.45, 2.75) is 130 Å². The number of allylic oxidation sites excluding steroid dienone is 3. The summed E-state index contributed by atoms with van der Waals surface area (Å²) in [6, 6.07) is 0. The first kappa shape index (κ1) is 32.2. The van der Waals surface area contributed by atoms with E-state index in [0.29, 0.717) is 17.9 Å². The second-order valence-corrected chi connectivity index (χ2v) is 13.2. The molecular formula is C31H52O8. The summed E-state index contributed by atoms with van der Waals surface area (Å²) in [5.74, 6) is 0.492. The highest BCUT2D eigenvalue weighted by Gasteiger charge is 2.61. The van der Waals surface area contributed by atoms with Gasteiger partial charge in [0.2, 0.25) is 0 Å². The van der Waals surface area contributed by atoms with Gasteiger partial charge in [0.05, 0.1) is 12.2 Å². The molecule has 2 aliphatic carbocycles. The quantitative estimate of drug-likeness (QED) is 0.193. The Hall–Kier alpha value is -1.29. The van der Waals surface area contributed by atoms with Crippen LogP contribution in [0.1, 0.15) is 87.5 Å². The van der Waals surface area contributed by atoms with E-state index in [-0.39, 0.29) is 23.9 Å². The van der Waals surface area contributed by atoms with Crippen molar-refractivity contribution < 1.29 is 39.4 Å². The number of ether oxygens (including phenoxy) is 3. The summed E-state index contributed by atoms with van der Waals surface area (Å²) < 4.78 is 18.5. The minimum absolute atomic E-state index is 0.185. The van der Waals surface area contributed by atoms with E-state index < -0.39 is 54.3 Å². The van der Waals surface area contributed by atoms with Gasteiger partial charge in [0, 0.05) is 17.6 Å². The molecule has 224 valence electrons. The Balaban J connectivity index is 1.99. The molecule has 0 unspecified atom stereocenters. The average Bonchev–Trinajstić information content (AvgIpc) is 2.87. The molecule has 0 amide bonds. The second kappa shape index (κ2) is 12.7. The van der Waals surface area contributed by atoms with Crippen LogP contribution < -0.4 is 0 Å². The van der Waals surface area contributed by atoms with E-state index in [2.05, 4.69) is 40.7 Å². The lowest BCUT2D eigenvalue weighted by Gasteiger charge is -2.61. The van der Waals surface area contributed by atoms with Crippen molar-refractivity contribution >= 4 is 5.97 Å². The molecule has 8 nitrogen and oxygen atoms in total. The van der Waals surface area contributed by atoms with E-state index in [1.54, 1.807) is 26.8 Å². The van der Waals surface area contributed by atoms with Gasteiger partial charge in [0.1, 0.15) is 24.4 Å². The Kier molecular flexibility index (Phi) is 10.5. The Morgan fingerprint density at radius 2 is 1.85 bits per heavy atom. The summed E-state index contributed by atoms with van der Waals surface area (Å²) in [5.41, 5.74) is 1.19. The molecule has 1 saturated heterocycles. The number of hydrogen-bond acceptors (Lipinski definition) is 8. The van der Waals surface area contributed by atoms with Crippen LogP contribution >= 0.6 is 0 Å². The zero-order valence-electron chi connectivity index (χ0n) is 25.1. The van der Waals surface area contributed by atoms with Gasteiger partial charge in [-0.05, 0) is 76.5 Å². The van der Waals surface area contributed by atoms with Crippen LogP contribution in [0.5, 0.6) is 0 Å². The van der Waals surface area contributed by atoms with E-state index in [1.165, 1.54) is 5.57 Å². The predicted molar refractivity (Wildman–Crippen MR) is 148 cm³/mol. The highest BCUT2D eigenvalue weighted by molar-refractivity contribution is 5.87. The third-order valence-electron chi connectivity index (χ3n) is 10.1. The molecule has 1 saturated carbocycles. The maximum absolute atomic E-state index is 13.0. The van der Waals surface area contributed by atoms with Crippen molar-refractivity contribution in [2.24, 2.45) is 28.6 Å². The van der Waals surface area contributed by atoms with E-state index >= 15 is 0 Å². The number of carbonyl (C=O) groups excluding carboxylic acids is 1. The summed E-state index contributed by atoms with van der Waals surface area (Å²) in [6.07, 6.45) is 1.04. The van der Waals surface area contributed by atoms with Crippen molar-refractivity contribution in [1.82, 2.24) is 0 Å². The number of carbonyl (C=O) groups is 1. The number of fused-ring (bicyclic) bond motifs is 1. The van der Waals surface area contributed by atoms with Crippen LogP contribution in [0, 0.1) is 28.6 Å². The largest absolute Gasteiger partial charge is 0.456 e. The van der Waals surface area contributed by atoms with Gasteiger partial charge in [0.25, 0.3) is 0 Å². The third kappa shape index (κ3) is 6.47. The SMILES string of the molecule is C/C=C(/C)C(=O)O[C@@H]1[C@@H](O[C@@H]2O[C@H](C)[C@H](O)[C@H](O)[C@H]2O)C[C@@]2(C)[C@H](CC[C@H](C)CCO)C(C)=CC[C@@H]2C1(C)C. The highest BCUT2D eigenvalue weighted by atomic mass is 16.7. The molecule has 0 spiro atoms. The molecule has 2 fully saturated rings. The number of aliphatic hydroxyl groups is 4. The molecule has 3 aliphatic rings. The molecule has 4 N–H and O–H groups in total. The molecule has 1 aliphatic heterocycles. The normalized spacial score (nSPS) is 41.4. The van der Waals surface area contributed by atoms with Crippen LogP contribution in [0.4, 0.5) is 0 Å². The summed E-state index contributed by atoms with van der Waals surface area (Å²) in [4.78, 5) is 13.0. The van der Waals surface area contributed by atoms with Crippen molar-refractivity contribution in [1.29, 1.82) is 0 Å². The van der Waals surface area contributed by atoms with Gasteiger partial charge in [-0.2, -0.15) is 0 Å². The molecule has 0 aromatic carbocycles. The molecular weight excluding hydrogens is 500 g/mol. The smallest absolute Gasteiger partial charge is 0.333 e. The van der Waals surface area contributed by atoms with E-state index in [1.807, 2.05) is 0 Å². The molecule has 0 aromatic heterocycles. The van der Waals surface area contributed by atoms with Crippen LogP contribution in [-0.4, -0.2) is 75.9 Å². The zero-order chi connectivity index (χ0) is 29.3. The fraction of sp³-hybridized carbons (Fsp3) is 0.839. The molecule has 0 aromatic rings. The number of rotatable bonds is 9. The van der Waals surface area contributed by atoms with Gasteiger partial charge in [-0.15, -0.1) is 0 Å². The lowest BCUT2D eigenvalue weighted by atomic mass is 9.46. The fourth-order valence-corrected chi connectivity index (χ4v) is 7.48. The zero-order valence-corrected chi connectivity index (χ0v) is 25.1. The summed E-state index contributed by atoms with van der Waals surface area (Å²) in [7, 11) is 0. The minimum atomic E-state index is -1.44. The predicted octanol–water partition coefficient (Wildman–Crippen LogP) is 3.89. The number of esters is 1. The molecule has 1 heterocycles. The molecule has 0 bridgehead atoms. The van der Waals surface area contributed by atoms with Gasteiger partial charge in [0.15, 0.2) is 6.29 Å². The van der Waals surface area contributed by atoms with Crippen LogP contribution in [0.3, 0.4) is 0 Å². The van der Waals surface area contributed by atoms with E-state index in [0.717, 1.165) is 25.7 Å². The first-order valence-electron chi connectivity index (χ1n) is 14.7. The highest BCUT2D eigenvalue weighted by Crippen LogP contribution is 2.62. The maximum Gasteiger partial charge on any atom is 0.333 e. The summed E-state index contributed by atoms with van der Waals surface area (Å²) in [5, 5.41) is 40.8. The second-order valence-electron chi connectivity index (χ2n) is 13.2. The molecule has 8 heteroatoms. The van der Waals surface area contributed by atoms with Crippen LogP contribution in [-0.2, 0) is 19.0 Å². The lowest BCUT2D eigenvalue weighted by Crippen LogP contribution is -2.64. The lowest BCUT2D eigenvalue weighted by molar-refractivity contribution is -0.325. The van der Waals surface area contributed by atoms with Gasteiger partial charge in [-0.3, -0.25) is 0 Å². The third-order valence-corrected chi connectivity index (χ3v) is 10.1. The maximum atomic E-state index is 13.0. The minimum Gasteiger partial charge on any atom is -0.456 e. The Morgan fingerprint density at radius 1 is 1.18 bits per heavy atom. The first-order valence-corrected chi connectivity index (χ1v) is 14.7. The van der Waals surface area contributed by atoms with Gasteiger partial charge >= 0.3 is 5.97 Å². The van der Waals surface area contributed by atoms with Gasteiger partial charge in [-0.1, -0.05) is 51.8 Å². The van der Waals surface area contributed by atoms with Gasteiger partial charge in [-0.25, -0.2) is 4.79 Å².